The number of carbonyl (C=O) groups excluding carboxylic acids is 2. The molecule has 2 aromatic heterocycles. The molecule has 11 nitrogen and oxygen atoms in total. The van der Waals surface area contributed by atoms with Crippen LogP contribution in [0.1, 0.15) is 56.0 Å². The largest absolute Gasteiger partial charge is 0.465 e. The van der Waals surface area contributed by atoms with Crippen LogP contribution >= 0.6 is 0 Å². The van der Waals surface area contributed by atoms with Crippen molar-refractivity contribution in [1.82, 2.24) is 19.4 Å². The highest BCUT2D eigenvalue weighted by atomic mass is 19.4. The average Bonchev–Trinajstić information content (AvgIpc) is 3.30. The molecule has 14 heteroatoms. The van der Waals surface area contributed by atoms with E-state index in [4.69, 9.17) is 9.47 Å². The quantitative estimate of drug-likeness (QED) is 0.410. The van der Waals surface area contributed by atoms with Crippen LogP contribution in [0.4, 0.5) is 22.8 Å². The minimum Gasteiger partial charge on any atom is -0.465 e. The fourth-order valence-corrected chi connectivity index (χ4v) is 5.73. The third-order valence-corrected chi connectivity index (χ3v) is 8.13. The summed E-state index contributed by atoms with van der Waals surface area (Å²) in [6.45, 7) is 7.47. The molecule has 3 aromatic rings. The zero-order valence-corrected chi connectivity index (χ0v) is 25.6. The van der Waals surface area contributed by atoms with Gasteiger partial charge in [-0.25, -0.2) is 19.1 Å². The van der Waals surface area contributed by atoms with E-state index in [0.717, 1.165) is 16.0 Å². The number of morpholine rings is 1. The summed E-state index contributed by atoms with van der Waals surface area (Å²) >= 11 is 0. The molecule has 2 aliphatic rings. The van der Waals surface area contributed by atoms with Crippen LogP contribution in [0, 0.1) is 6.92 Å². The van der Waals surface area contributed by atoms with Crippen LogP contribution < -0.4 is 0 Å². The molecule has 0 bridgehead atoms. The summed E-state index contributed by atoms with van der Waals surface area (Å²) in [6, 6.07) is 4.65. The SMILES string of the molecule is Cc1cn(C(=O)OC(C)(C)C)c2ncc(-c3cc4c(c([C@@H]5COCCN5C(=O)O)c3)CN(C(=O)C(C)(O)C(F)(F)F)CC4)cc12. The number of hydrogen-bond donors (Lipinski definition) is 2. The van der Waals surface area contributed by atoms with Crippen LogP contribution in [0.5, 0.6) is 0 Å². The number of alkyl halides is 3. The standard InChI is InChI=1S/C31H35F3N4O7/c1-17-14-38(28(42)45-29(2,3)4)25-21(17)12-20(13-35-25)19-10-18-6-7-36(26(39)30(5,43)31(32,33)34)15-23(18)22(11-19)24-16-44-9-8-37(24)27(40)41/h10-14,24,43H,6-9,15-16H2,1-5H3,(H,40,41)/t24-,30?/m0/s1. The van der Waals surface area contributed by atoms with Crippen molar-refractivity contribution in [2.75, 3.05) is 26.3 Å². The molecule has 45 heavy (non-hydrogen) atoms. The number of pyridine rings is 1. The first-order chi connectivity index (χ1) is 20.9. The lowest BCUT2D eigenvalue weighted by Gasteiger charge is -2.39. The zero-order valence-electron chi connectivity index (χ0n) is 25.6. The molecular formula is C31H35F3N4O7. The van der Waals surface area contributed by atoms with E-state index < -0.39 is 41.5 Å². The van der Waals surface area contributed by atoms with Crippen molar-refractivity contribution >= 4 is 29.1 Å². The number of ether oxygens (including phenoxy) is 2. The second kappa shape index (κ2) is 11.3. The minimum absolute atomic E-state index is 0.00549. The molecule has 1 unspecified atom stereocenters. The Kier molecular flexibility index (Phi) is 8.11. The van der Waals surface area contributed by atoms with Gasteiger partial charge in [0.05, 0.1) is 19.3 Å². The van der Waals surface area contributed by atoms with Crippen LogP contribution in [0.25, 0.3) is 22.2 Å². The van der Waals surface area contributed by atoms with Gasteiger partial charge in [0.2, 0.25) is 5.60 Å². The maximum Gasteiger partial charge on any atom is 0.426 e. The normalized spacial score (nSPS) is 18.8. The van der Waals surface area contributed by atoms with Gasteiger partial charge in [0.25, 0.3) is 5.91 Å². The number of nitrogens with zero attached hydrogens (tertiary/aromatic N) is 4. The molecule has 0 saturated carbocycles. The molecule has 0 spiro atoms. The molecule has 0 aliphatic carbocycles. The van der Waals surface area contributed by atoms with Gasteiger partial charge in [-0.1, -0.05) is 6.07 Å². The van der Waals surface area contributed by atoms with E-state index in [0.29, 0.717) is 40.2 Å². The van der Waals surface area contributed by atoms with Crippen molar-refractivity contribution in [3.05, 3.63) is 52.8 Å². The number of benzene rings is 1. The number of rotatable bonds is 3. The first-order valence-corrected chi connectivity index (χ1v) is 14.4. The summed E-state index contributed by atoms with van der Waals surface area (Å²) in [4.78, 5) is 44.6. The second-order valence-electron chi connectivity index (χ2n) is 12.6. The molecule has 1 fully saturated rings. The highest BCUT2D eigenvalue weighted by molar-refractivity contribution is 5.92. The maximum absolute atomic E-state index is 13.5. The van der Waals surface area contributed by atoms with Crippen LogP contribution in [0.2, 0.25) is 0 Å². The summed E-state index contributed by atoms with van der Waals surface area (Å²) in [7, 11) is 0. The van der Waals surface area contributed by atoms with Crippen molar-refractivity contribution < 1.29 is 47.2 Å². The molecule has 0 radical (unpaired) electrons. The Labute approximate surface area is 257 Å². The van der Waals surface area contributed by atoms with Gasteiger partial charge in [-0.2, -0.15) is 13.2 Å². The smallest absolute Gasteiger partial charge is 0.426 e. The van der Waals surface area contributed by atoms with Crippen molar-refractivity contribution in [1.29, 1.82) is 0 Å². The molecule has 4 heterocycles. The number of aromatic nitrogens is 2. The number of aryl methyl sites for hydroxylation is 1. The van der Waals surface area contributed by atoms with Gasteiger partial charge in [0.1, 0.15) is 11.2 Å². The fourth-order valence-electron chi connectivity index (χ4n) is 5.73. The van der Waals surface area contributed by atoms with Crippen molar-refractivity contribution in [3.8, 4) is 11.1 Å². The highest BCUT2D eigenvalue weighted by Crippen LogP contribution is 2.39. The van der Waals surface area contributed by atoms with Crippen LogP contribution in [-0.2, 0) is 27.2 Å². The van der Waals surface area contributed by atoms with E-state index in [1.54, 1.807) is 39.2 Å². The van der Waals surface area contributed by atoms with Crippen LogP contribution in [0.3, 0.4) is 0 Å². The Hall–Kier alpha value is -4.17. The van der Waals surface area contributed by atoms with Crippen molar-refractivity contribution in [2.45, 2.75) is 71.0 Å². The Morgan fingerprint density at radius 2 is 1.78 bits per heavy atom. The Morgan fingerprint density at radius 3 is 2.42 bits per heavy atom. The number of aliphatic hydroxyl groups is 1. The molecule has 2 N–H and O–H groups in total. The number of halogens is 3. The maximum atomic E-state index is 13.5. The van der Waals surface area contributed by atoms with E-state index in [2.05, 4.69) is 4.98 Å². The minimum atomic E-state index is -5.18. The van der Waals surface area contributed by atoms with Crippen molar-refractivity contribution in [3.63, 3.8) is 0 Å². The molecule has 242 valence electrons. The topological polar surface area (TPSA) is 134 Å². The predicted molar refractivity (Wildman–Crippen MR) is 156 cm³/mol. The van der Waals surface area contributed by atoms with E-state index in [1.165, 1.54) is 9.47 Å². The predicted octanol–water partition coefficient (Wildman–Crippen LogP) is 5.04. The zero-order chi connectivity index (χ0) is 33.1. The molecule has 1 aromatic carbocycles. The Bertz CT molecular complexity index is 1680. The number of hydrogen-bond acceptors (Lipinski definition) is 7. The summed E-state index contributed by atoms with van der Waals surface area (Å²) in [5, 5.41) is 20.7. The summed E-state index contributed by atoms with van der Waals surface area (Å²) < 4.78 is 53.0. The van der Waals surface area contributed by atoms with E-state index in [9.17, 15) is 37.8 Å². The number of carboxylic acid groups (broad SMARTS) is 1. The van der Waals surface area contributed by atoms with E-state index in [1.807, 2.05) is 19.1 Å². The van der Waals surface area contributed by atoms with Gasteiger partial charge in [-0.3, -0.25) is 9.69 Å². The summed E-state index contributed by atoms with van der Waals surface area (Å²) in [5.41, 5.74) is -0.0985. The molecule has 2 aliphatic heterocycles. The molecule has 5 rings (SSSR count). The van der Waals surface area contributed by atoms with Crippen molar-refractivity contribution in [2.24, 2.45) is 0 Å². The van der Waals surface area contributed by atoms with Gasteiger partial charge in [-0.15, -0.1) is 0 Å². The molecule has 1 saturated heterocycles. The van der Waals surface area contributed by atoms with Gasteiger partial charge < -0.3 is 24.6 Å². The second-order valence-corrected chi connectivity index (χ2v) is 12.6. The van der Waals surface area contributed by atoms with E-state index in [-0.39, 0.29) is 39.3 Å². The third-order valence-electron chi connectivity index (χ3n) is 8.13. The number of carbonyl (C=O) groups is 3. The lowest BCUT2D eigenvalue weighted by molar-refractivity contribution is -0.250. The van der Waals surface area contributed by atoms with Crippen LogP contribution in [-0.4, -0.2) is 91.3 Å². The third kappa shape index (κ3) is 6.08. The Morgan fingerprint density at radius 1 is 1.07 bits per heavy atom. The van der Waals surface area contributed by atoms with Gasteiger partial charge in [0.15, 0.2) is 0 Å². The van der Waals surface area contributed by atoms with E-state index >= 15 is 0 Å². The highest BCUT2D eigenvalue weighted by Gasteiger charge is 2.57. The lowest BCUT2D eigenvalue weighted by atomic mass is 9.86. The van der Waals surface area contributed by atoms with Gasteiger partial charge >= 0.3 is 18.4 Å². The lowest BCUT2D eigenvalue weighted by Crippen LogP contribution is -2.57. The van der Waals surface area contributed by atoms with Gasteiger partial charge in [0, 0.05) is 43.0 Å². The monoisotopic (exact) mass is 632 g/mol. The first kappa shape index (κ1) is 32.2. The molecular weight excluding hydrogens is 597 g/mol. The molecule has 2 atom stereocenters. The summed E-state index contributed by atoms with van der Waals surface area (Å²) in [6.07, 6.45) is -3.56. The number of fused-ring (bicyclic) bond motifs is 2. The number of amides is 2. The van der Waals surface area contributed by atoms with Crippen LogP contribution in [0.15, 0.2) is 30.6 Å². The summed E-state index contributed by atoms with van der Waals surface area (Å²) in [5.74, 6) is -1.48. The van der Waals surface area contributed by atoms with Gasteiger partial charge in [-0.05, 0) is 81.0 Å². The molecule has 2 amide bonds. The fraction of sp³-hybridized carbons (Fsp3) is 0.484. The average molecular weight is 633 g/mol. The first-order valence-electron chi connectivity index (χ1n) is 14.4. The Balaban J connectivity index is 1.60.